The molecule has 0 bridgehead atoms. The Kier molecular flexibility index (Phi) is 7.85. The number of unbranched alkanes of at least 4 members (excludes halogenated alkanes) is 2. The van der Waals surface area contributed by atoms with Crippen LogP contribution in [0.4, 0.5) is 10.1 Å². The third kappa shape index (κ3) is 5.27. The fourth-order valence-electron chi connectivity index (χ4n) is 1.74. The molecule has 0 amide bonds. The summed E-state index contributed by atoms with van der Waals surface area (Å²) in [6.45, 7) is 7.98. The topological polar surface area (TPSA) is 30.5 Å². The minimum Gasteiger partial charge on any atom is -0.490 e. The van der Waals surface area contributed by atoms with Crippen molar-refractivity contribution in [3.05, 3.63) is 17.9 Å². The van der Waals surface area contributed by atoms with Gasteiger partial charge in [-0.2, -0.15) is 4.39 Å². The van der Waals surface area contributed by atoms with Crippen LogP contribution < -0.4 is 14.8 Å². The second kappa shape index (κ2) is 9.45. The molecule has 0 aromatic heterocycles. The summed E-state index contributed by atoms with van der Waals surface area (Å²) in [6, 6.07) is 3.39. The quantitative estimate of drug-likeness (QED) is 0.636. The SMILES string of the molecule is CCCCOc1cc(NCC)cc(OCCCC)c1F. The maximum atomic E-state index is 14.3. The molecule has 0 unspecified atom stereocenters. The first-order valence-corrected chi connectivity index (χ1v) is 7.55. The zero-order chi connectivity index (χ0) is 14.8. The fraction of sp³-hybridized carbons (Fsp3) is 0.625. The Labute approximate surface area is 121 Å². The van der Waals surface area contributed by atoms with Gasteiger partial charge in [-0.3, -0.25) is 0 Å². The number of benzene rings is 1. The molecule has 0 atom stereocenters. The van der Waals surface area contributed by atoms with Gasteiger partial charge in [0.05, 0.1) is 13.2 Å². The smallest absolute Gasteiger partial charge is 0.206 e. The van der Waals surface area contributed by atoms with Crippen molar-refractivity contribution in [3.63, 3.8) is 0 Å². The summed E-state index contributed by atoms with van der Waals surface area (Å²) >= 11 is 0. The largest absolute Gasteiger partial charge is 0.490 e. The molecule has 0 aliphatic carbocycles. The lowest BCUT2D eigenvalue weighted by Gasteiger charge is -2.14. The van der Waals surface area contributed by atoms with Crippen molar-refractivity contribution in [1.82, 2.24) is 0 Å². The predicted molar refractivity (Wildman–Crippen MR) is 81.4 cm³/mol. The van der Waals surface area contributed by atoms with Crippen LogP contribution in [0.3, 0.4) is 0 Å². The van der Waals surface area contributed by atoms with E-state index >= 15 is 0 Å². The molecule has 20 heavy (non-hydrogen) atoms. The average molecular weight is 283 g/mol. The van der Waals surface area contributed by atoms with Gasteiger partial charge in [0.1, 0.15) is 0 Å². The summed E-state index contributed by atoms with van der Waals surface area (Å²) in [7, 11) is 0. The van der Waals surface area contributed by atoms with E-state index in [-0.39, 0.29) is 11.5 Å². The number of rotatable bonds is 10. The van der Waals surface area contributed by atoms with Gasteiger partial charge >= 0.3 is 0 Å². The molecule has 0 radical (unpaired) electrons. The first-order valence-electron chi connectivity index (χ1n) is 7.55. The summed E-state index contributed by atoms with van der Waals surface area (Å²) in [6.07, 6.45) is 3.87. The van der Waals surface area contributed by atoms with Gasteiger partial charge in [-0.15, -0.1) is 0 Å². The van der Waals surface area contributed by atoms with E-state index in [2.05, 4.69) is 19.2 Å². The molecular weight excluding hydrogens is 257 g/mol. The van der Waals surface area contributed by atoms with E-state index in [9.17, 15) is 4.39 Å². The molecule has 1 aromatic rings. The number of hydrogen-bond acceptors (Lipinski definition) is 3. The molecular formula is C16H26FNO2. The zero-order valence-electron chi connectivity index (χ0n) is 12.8. The van der Waals surface area contributed by atoms with Crippen molar-refractivity contribution in [3.8, 4) is 11.5 Å². The van der Waals surface area contributed by atoms with Crippen molar-refractivity contribution >= 4 is 5.69 Å². The van der Waals surface area contributed by atoms with Gasteiger partial charge in [-0.1, -0.05) is 26.7 Å². The lowest BCUT2D eigenvalue weighted by atomic mass is 10.2. The average Bonchev–Trinajstić information content (AvgIpc) is 2.44. The van der Waals surface area contributed by atoms with Gasteiger partial charge in [0.2, 0.25) is 5.82 Å². The van der Waals surface area contributed by atoms with E-state index in [1.165, 1.54) is 0 Å². The second-order valence-electron chi connectivity index (χ2n) is 4.72. The van der Waals surface area contributed by atoms with Crippen LogP contribution in [0.1, 0.15) is 46.5 Å². The molecule has 4 heteroatoms. The Bertz CT molecular complexity index is 365. The van der Waals surface area contributed by atoms with Crippen LogP contribution in [0.25, 0.3) is 0 Å². The van der Waals surface area contributed by atoms with Gasteiger partial charge < -0.3 is 14.8 Å². The Morgan fingerprint density at radius 1 is 0.950 bits per heavy atom. The summed E-state index contributed by atoms with van der Waals surface area (Å²) < 4.78 is 25.3. The van der Waals surface area contributed by atoms with Gasteiger partial charge in [0.25, 0.3) is 0 Å². The number of ether oxygens (including phenoxy) is 2. The normalized spacial score (nSPS) is 10.4. The van der Waals surface area contributed by atoms with E-state index in [0.717, 1.165) is 37.9 Å². The summed E-state index contributed by atoms with van der Waals surface area (Å²) in [5, 5.41) is 3.17. The molecule has 0 heterocycles. The van der Waals surface area contributed by atoms with Crippen LogP contribution >= 0.6 is 0 Å². The monoisotopic (exact) mass is 283 g/mol. The second-order valence-corrected chi connectivity index (χ2v) is 4.72. The first-order chi connectivity index (χ1) is 9.72. The Hall–Kier alpha value is -1.45. The maximum absolute atomic E-state index is 14.3. The maximum Gasteiger partial charge on any atom is 0.206 e. The van der Waals surface area contributed by atoms with E-state index in [1.54, 1.807) is 12.1 Å². The highest BCUT2D eigenvalue weighted by atomic mass is 19.1. The highest BCUT2D eigenvalue weighted by Crippen LogP contribution is 2.31. The van der Waals surface area contributed by atoms with Gasteiger partial charge in [0.15, 0.2) is 11.5 Å². The van der Waals surface area contributed by atoms with Crippen LogP contribution in [0, 0.1) is 5.82 Å². The van der Waals surface area contributed by atoms with E-state index < -0.39 is 5.82 Å². The van der Waals surface area contributed by atoms with Gasteiger partial charge in [-0.25, -0.2) is 0 Å². The Morgan fingerprint density at radius 2 is 1.45 bits per heavy atom. The molecule has 0 aliphatic rings. The molecule has 0 spiro atoms. The van der Waals surface area contributed by atoms with Crippen LogP contribution in [0.15, 0.2) is 12.1 Å². The molecule has 0 saturated carbocycles. The fourth-order valence-corrected chi connectivity index (χ4v) is 1.74. The molecule has 1 rings (SSSR count). The standard InChI is InChI=1S/C16H26FNO2/c1-4-7-9-19-14-11-13(18-6-3)12-15(16(14)17)20-10-8-5-2/h11-12,18H,4-10H2,1-3H3. The van der Waals surface area contributed by atoms with E-state index in [4.69, 9.17) is 9.47 Å². The minimum atomic E-state index is -0.404. The minimum absolute atomic E-state index is 0.267. The summed E-state index contributed by atoms with van der Waals surface area (Å²) in [4.78, 5) is 0. The molecule has 1 aromatic carbocycles. The van der Waals surface area contributed by atoms with E-state index in [0.29, 0.717) is 13.2 Å². The molecule has 1 N–H and O–H groups in total. The number of hydrogen-bond donors (Lipinski definition) is 1. The molecule has 0 fully saturated rings. The Balaban J connectivity index is 2.83. The van der Waals surface area contributed by atoms with Crippen LogP contribution in [0.2, 0.25) is 0 Å². The van der Waals surface area contributed by atoms with Crippen molar-refractivity contribution in [2.45, 2.75) is 46.5 Å². The Morgan fingerprint density at radius 3 is 1.85 bits per heavy atom. The van der Waals surface area contributed by atoms with Crippen LogP contribution in [-0.2, 0) is 0 Å². The molecule has 3 nitrogen and oxygen atoms in total. The number of anilines is 1. The number of halogens is 1. The van der Waals surface area contributed by atoms with Crippen LogP contribution in [0.5, 0.6) is 11.5 Å². The van der Waals surface area contributed by atoms with Crippen molar-refractivity contribution in [2.24, 2.45) is 0 Å². The zero-order valence-corrected chi connectivity index (χ0v) is 12.8. The highest BCUT2D eigenvalue weighted by molar-refractivity contribution is 5.54. The highest BCUT2D eigenvalue weighted by Gasteiger charge is 2.13. The first kappa shape index (κ1) is 16.6. The lowest BCUT2D eigenvalue weighted by Crippen LogP contribution is -2.05. The van der Waals surface area contributed by atoms with Crippen molar-refractivity contribution in [2.75, 3.05) is 25.1 Å². The lowest BCUT2D eigenvalue weighted by molar-refractivity contribution is 0.268. The third-order valence-corrected chi connectivity index (χ3v) is 2.90. The van der Waals surface area contributed by atoms with Gasteiger partial charge in [0, 0.05) is 24.4 Å². The number of nitrogens with one attached hydrogen (secondary N) is 1. The van der Waals surface area contributed by atoms with Crippen LogP contribution in [-0.4, -0.2) is 19.8 Å². The molecule has 0 saturated heterocycles. The van der Waals surface area contributed by atoms with E-state index in [1.807, 2.05) is 6.92 Å². The predicted octanol–water partition coefficient (Wildman–Crippen LogP) is 4.62. The molecule has 114 valence electrons. The third-order valence-electron chi connectivity index (χ3n) is 2.90. The molecule has 0 aliphatic heterocycles. The van der Waals surface area contributed by atoms with Crippen molar-refractivity contribution < 1.29 is 13.9 Å². The van der Waals surface area contributed by atoms with Crippen molar-refractivity contribution in [1.29, 1.82) is 0 Å². The summed E-state index contributed by atoms with van der Waals surface area (Å²) in [5.41, 5.74) is 0.826. The van der Waals surface area contributed by atoms with Gasteiger partial charge in [-0.05, 0) is 19.8 Å². The summed E-state index contributed by atoms with van der Waals surface area (Å²) in [5.74, 6) is 0.130.